The maximum absolute atomic E-state index is 8.76. The molecule has 1 rings (SSSR count). The Kier molecular flexibility index (Phi) is 6.16. The van der Waals surface area contributed by atoms with Crippen LogP contribution in [0.15, 0.2) is 30.4 Å². The van der Waals surface area contributed by atoms with Gasteiger partial charge in [0, 0.05) is 0 Å². The van der Waals surface area contributed by atoms with Crippen LogP contribution < -0.4 is 9.47 Å². The molecule has 0 amide bonds. The molecule has 0 aromatic heterocycles. The molecule has 1 aromatic rings. The summed E-state index contributed by atoms with van der Waals surface area (Å²) in [5.74, 6) is 0.879. The third-order valence-corrected chi connectivity index (χ3v) is 2.51. The zero-order valence-electron chi connectivity index (χ0n) is 11.0. The van der Waals surface area contributed by atoms with E-state index in [1.807, 2.05) is 6.92 Å². The predicted octanol–water partition coefficient (Wildman–Crippen LogP) is 3.73. The lowest BCUT2D eigenvalue weighted by atomic mass is 10.1. The fourth-order valence-corrected chi connectivity index (χ4v) is 1.75. The second-order valence-corrected chi connectivity index (χ2v) is 4.05. The van der Waals surface area contributed by atoms with Crippen LogP contribution in [0.25, 0.3) is 6.08 Å². The summed E-state index contributed by atoms with van der Waals surface area (Å²) in [6.45, 7) is 6.15. The predicted molar refractivity (Wildman–Crippen MR) is 77.5 cm³/mol. The number of hydrogen-bond donors (Lipinski definition) is 0. The van der Waals surface area contributed by atoms with E-state index in [4.69, 9.17) is 31.6 Å². The molecule has 0 saturated heterocycles. The van der Waals surface area contributed by atoms with E-state index in [9.17, 15) is 0 Å². The number of nitrogens with zero attached hydrogens (tertiary/aromatic N) is 2. The van der Waals surface area contributed by atoms with Gasteiger partial charge in [0.05, 0.1) is 11.6 Å². The fraction of sp³-hybridized carbons (Fsp3) is 0.200. The van der Waals surface area contributed by atoms with Crippen molar-refractivity contribution in [2.45, 2.75) is 6.92 Å². The van der Waals surface area contributed by atoms with Crippen molar-refractivity contribution >= 4 is 17.7 Å². The molecule has 0 heterocycles. The van der Waals surface area contributed by atoms with Crippen LogP contribution in [0.4, 0.5) is 0 Å². The lowest BCUT2D eigenvalue weighted by Gasteiger charge is -2.13. The van der Waals surface area contributed by atoms with E-state index in [0.717, 1.165) is 0 Å². The lowest BCUT2D eigenvalue weighted by Crippen LogP contribution is -2.00. The molecule has 4 nitrogen and oxygen atoms in total. The molecule has 0 bridgehead atoms. The summed E-state index contributed by atoms with van der Waals surface area (Å²) in [4.78, 5) is 0. The van der Waals surface area contributed by atoms with Gasteiger partial charge in [0.2, 0.25) is 0 Å². The number of benzene rings is 1. The Morgan fingerprint density at radius 1 is 1.35 bits per heavy atom. The quantitative estimate of drug-likeness (QED) is 0.591. The Morgan fingerprint density at radius 2 is 2.05 bits per heavy atom. The average Bonchev–Trinajstić information content (AvgIpc) is 2.44. The summed E-state index contributed by atoms with van der Waals surface area (Å²) in [7, 11) is 0. The molecule has 1 aromatic carbocycles. The zero-order valence-corrected chi connectivity index (χ0v) is 11.8. The lowest BCUT2D eigenvalue weighted by molar-refractivity contribution is 0.297. The van der Waals surface area contributed by atoms with E-state index < -0.39 is 0 Å². The molecule has 0 N–H and O–H groups in total. The SMILES string of the molecule is C=CCOc1c(Cl)cc(C=C(C#N)C#N)cc1OCC. The molecule has 5 heteroatoms. The molecule has 0 aliphatic rings. The van der Waals surface area contributed by atoms with Crippen molar-refractivity contribution < 1.29 is 9.47 Å². The Morgan fingerprint density at radius 3 is 2.60 bits per heavy atom. The Labute approximate surface area is 123 Å². The van der Waals surface area contributed by atoms with Crippen LogP contribution in [-0.4, -0.2) is 13.2 Å². The van der Waals surface area contributed by atoms with Gasteiger partial charge in [0.25, 0.3) is 0 Å². The van der Waals surface area contributed by atoms with Gasteiger partial charge in [0.1, 0.15) is 24.3 Å². The first kappa shape index (κ1) is 15.6. The largest absolute Gasteiger partial charge is 0.490 e. The molecule has 0 unspecified atom stereocenters. The summed E-state index contributed by atoms with van der Waals surface area (Å²) in [6, 6.07) is 6.86. The molecular weight excluding hydrogens is 276 g/mol. The van der Waals surface area contributed by atoms with Crippen molar-refractivity contribution in [3.63, 3.8) is 0 Å². The van der Waals surface area contributed by atoms with Crippen LogP contribution >= 0.6 is 11.6 Å². The summed E-state index contributed by atoms with van der Waals surface area (Å²) in [5, 5.41) is 17.9. The van der Waals surface area contributed by atoms with Crippen molar-refractivity contribution in [1.29, 1.82) is 10.5 Å². The first-order chi connectivity index (χ1) is 9.65. The third-order valence-electron chi connectivity index (χ3n) is 2.23. The van der Waals surface area contributed by atoms with Gasteiger partial charge in [-0.15, -0.1) is 0 Å². The van der Waals surface area contributed by atoms with E-state index in [0.29, 0.717) is 35.3 Å². The van der Waals surface area contributed by atoms with Gasteiger partial charge in [-0.25, -0.2) is 0 Å². The van der Waals surface area contributed by atoms with E-state index in [-0.39, 0.29) is 5.57 Å². The molecular formula is C15H13ClN2O2. The highest BCUT2D eigenvalue weighted by atomic mass is 35.5. The van der Waals surface area contributed by atoms with Gasteiger partial charge in [-0.2, -0.15) is 10.5 Å². The van der Waals surface area contributed by atoms with Crippen molar-refractivity contribution in [2.75, 3.05) is 13.2 Å². The number of nitriles is 2. The number of rotatable bonds is 6. The van der Waals surface area contributed by atoms with Crippen molar-refractivity contribution in [3.8, 4) is 23.6 Å². The normalized spacial score (nSPS) is 9.00. The highest BCUT2D eigenvalue weighted by Crippen LogP contribution is 2.37. The minimum absolute atomic E-state index is 0.0109. The van der Waals surface area contributed by atoms with Gasteiger partial charge in [-0.05, 0) is 30.7 Å². The van der Waals surface area contributed by atoms with Gasteiger partial charge >= 0.3 is 0 Å². The summed E-state index contributed by atoms with van der Waals surface area (Å²) in [5.41, 5.74) is 0.589. The fourth-order valence-electron chi connectivity index (χ4n) is 1.47. The summed E-state index contributed by atoms with van der Waals surface area (Å²) in [6.07, 6.45) is 3.04. The average molecular weight is 289 g/mol. The molecule has 0 saturated carbocycles. The smallest absolute Gasteiger partial charge is 0.180 e. The van der Waals surface area contributed by atoms with Gasteiger partial charge in [-0.3, -0.25) is 0 Å². The number of ether oxygens (including phenoxy) is 2. The number of halogens is 1. The van der Waals surface area contributed by atoms with Crippen LogP contribution in [0.3, 0.4) is 0 Å². The van der Waals surface area contributed by atoms with Gasteiger partial charge < -0.3 is 9.47 Å². The van der Waals surface area contributed by atoms with Crippen molar-refractivity contribution in [2.24, 2.45) is 0 Å². The van der Waals surface area contributed by atoms with Crippen molar-refractivity contribution in [1.82, 2.24) is 0 Å². The third kappa shape index (κ3) is 4.05. The standard InChI is InChI=1S/C15H13ClN2O2/c1-3-5-20-15-13(16)7-11(6-12(9-17)10-18)8-14(15)19-4-2/h3,6-8H,1,4-5H2,2H3. The van der Waals surface area contributed by atoms with Crippen LogP contribution in [0, 0.1) is 22.7 Å². The van der Waals surface area contributed by atoms with Crippen LogP contribution in [0.1, 0.15) is 12.5 Å². The highest BCUT2D eigenvalue weighted by Gasteiger charge is 2.12. The van der Waals surface area contributed by atoms with E-state index in [1.54, 1.807) is 30.3 Å². The molecule has 0 fully saturated rings. The van der Waals surface area contributed by atoms with Gasteiger partial charge in [-0.1, -0.05) is 24.3 Å². The topological polar surface area (TPSA) is 66.0 Å². The number of hydrogen-bond acceptors (Lipinski definition) is 4. The first-order valence-electron chi connectivity index (χ1n) is 5.88. The highest BCUT2D eigenvalue weighted by molar-refractivity contribution is 6.32. The van der Waals surface area contributed by atoms with Crippen LogP contribution in [-0.2, 0) is 0 Å². The molecule has 20 heavy (non-hydrogen) atoms. The minimum atomic E-state index is -0.0109. The molecule has 0 atom stereocenters. The minimum Gasteiger partial charge on any atom is -0.490 e. The van der Waals surface area contributed by atoms with Gasteiger partial charge in [0.15, 0.2) is 11.5 Å². The second-order valence-electron chi connectivity index (χ2n) is 3.64. The molecule has 0 radical (unpaired) electrons. The van der Waals surface area contributed by atoms with Crippen molar-refractivity contribution in [3.05, 3.63) is 40.9 Å². The number of allylic oxidation sites excluding steroid dienone is 1. The molecule has 0 aliphatic heterocycles. The Bertz CT molecular complexity index is 594. The molecule has 0 spiro atoms. The van der Waals surface area contributed by atoms with E-state index >= 15 is 0 Å². The Hall–Kier alpha value is -2.43. The maximum atomic E-state index is 8.76. The monoisotopic (exact) mass is 288 g/mol. The second kappa shape index (κ2) is 7.89. The maximum Gasteiger partial charge on any atom is 0.180 e. The summed E-state index contributed by atoms with van der Waals surface area (Å²) < 4.78 is 10.9. The Balaban J connectivity index is 3.26. The molecule has 102 valence electrons. The van der Waals surface area contributed by atoms with Crippen LogP contribution in [0.2, 0.25) is 5.02 Å². The summed E-state index contributed by atoms with van der Waals surface area (Å²) >= 11 is 6.14. The van der Waals surface area contributed by atoms with E-state index in [2.05, 4.69) is 6.58 Å². The molecule has 0 aliphatic carbocycles. The first-order valence-corrected chi connectivity index (χ1v) is 6.26. The zero-order chi connectivity index (χ0) is 15.0. The van der Waals surface area contributed by atoms with Crippen LogP contribution in [0.5, 0.6) is 11.5 Å². The van der Waals surface area contributed by atoms with E-state index in [1.165, 1.54) is 6.08 Å².